The third-order valence-electron chi connectivity index (χ3n) is 3.32. The highest BCUT2D eigenvalue weighted by atomic mass is 16.3. The minimum Gasteiger partial charge on any atom is -0.399 e. The molecule has 16 heavy (non-hydrogen) atoms. The van der Waals surface area contributed by atoms with Crippen LogP contribution in [0.25, 0.3) is 0 Å². The highest BCUT2D eigenvalue weighted by molar-refractivity contribution is 5.41. The van der Waals surface area contributed by atoms with Crippen LogP contribution >= 0.6 is 0 Å². The summed E-state index contributed by atoms with van der Waals surface area (Å²) in [6, 6.07) is 7.79. The molecule has 0 fully saturated rings. The third kappa shape index (κ3) is 2.99. The molecule has 0 aliphatic carbocycles. The van der Waals surface area contributed by atoms with E-state index in [1.165, 1.54) is 0 Å². The Morgan fingerprint density at radius 2 is 1.81 bits per heavy atom. The van der Waals surface area contributed by atoms with Gasteiger partial charge in [0.05, 0.1) is 6.10 Å². The van der Waals surface area contributed by atoms with E-state index in [1.807, 2.05) is 24.3 Å². The van der Waals surface area contributed by atoms with Crippen molar-refractivity contribution in [3.63, 3.8) is 0 Å². The van der Waals surface area contributed by atoms with Crippen molar-refractivity contribution in [1.82, 2.24) is 0 Å². The largest absolute Gasteiger partial charge is 0.399 e. The van der Waals surface area contributed by atoms with Crippen LogP contribution in [0, 0.1) is 0 Å². The molecule has 0 amide bonds. The maximum Gasteiger partial charge on any atom is 0.0631 e. The summed E-state index contributed by atoms with van der Waals surface area (Å²) < 4.78 is 0. The molecule has 1 unspecified atom stereocenters. The number of anilines is 1. The molecular weight excluding hydrogens is 198 g/mol. The van der Waals surface area contributed by atoms with Gasteiger partial charge in [-0.25, -0.2) is 0 Å². The number of nitrogens with two attached hydrogens (primary N) is 1. The standard InChI is InChI=1S/C14H23NO/c1-4-5-6-13(16)14(2,3)11-7-9-12(15)10-8-11/h7-10,13,16H,4-6,15H2,1-3H3. The van der Waals surface area contributed by atoms with E-state index >= 15 is 0 Å². The Balaban J connectivity index is 2.79. The third-order valence-corrected chi connectivity index (χ3v) is 3.32. The minimum absolute atomic E-state index is 0.205. The average Bonchev–Trinajstić information content (AvgIpc) is 2.26. The molecule has 0 aromatic heterocycles. The van der Waals surface area contributed by atoms with Crippen molar-refractivity contribution in [2.75, 3.05) is 5.73 Å². The molecule has 0 radical (unpaired) electrons. The van der Waals surface area contributed by atoms with E-state index in [4.69, 9.17) is 5.73 Å². The number of unbranched alkanes of at least 4 members (excludes halogenated alkanes) is 1. The lowest BCUT2D eigenvalue weighted by molar-refractivity contribution is 0.0890. The lowest BCUT2D eigenvalue weighted by atomic mass is 9.77. The Morgan fingerprint density at radius 3 is 2.31 bits per heavy atom. The monoisotopic (exact) mass is 221 g/mol. The van der Waals surface area contributed by atoms with Crippen molar-refractivity contribution in [3.05, 3.63) is 29.8 Å². The Labute approximate surface area is 98.5 Å². The van der Waals surface area contributed by atoms with Crippen molar-refractivity contribution < 1.29 is 5.11 Å². The highest BCUT2D eigenvalue weighted by Gasteiger charge is 2.28. The summed E-state index contributed by atoms with van der Waals surface area (Å²) in [7, 11) is 0. The SMILES string of the molecule is CCCCC(O)C(C)(C)c1ccc(N)cc1. The van der Waals surface area contributed by atoms with E-state index in [2.05, 4.69) is 20.8 Å². The molecule has 2 heteroatoms. The quantitative estimate of drug-likeness (QED) is 0.750. The zero-order valence-electron chi connectivity index (χ0n) is 10.5. The van der Waals surface area contributed by atoms with E-state index in [0.717, 1.165) is 30.5 Å². The molecule has 90 valence electrons. The van der Waals surface area contributed by atoms with Gasteiger partial charge in [0.25, 0.3) is 0 Å². The molecule has 0 spiro atoms. The molecule has 3 N–H and O–H groups in total. The van der Waals surface area contributed by atoms with Gasteiger partial charge in [0.15, 0.2) is 0 Å². The first-order valence-corrected chi connectivity index (χ1v) is 6.02. The van der Waals surface area contributed by atoms with Gasteiger partial charge < -0.3 is 10.8 Å². The van der Waals surface area contributed by atoms with Crippen molar-refractivity contribution >= 4 is 5.69 Å². The number of rotatable bonds is 5. The van der Waals surface area contributed by atoms with Gasteiger partial charge in [0.2, 0.25) is 0 Å². The van der Waals surface area contributed by atoms with Gasteiger partial charge in [-0.3, -0.25) is 0 Å². The molecule has 0 heterocycles. The van der Waals surface area contributed by atoms with Crippen molar-refractivity contribution in [3.8, 4) is 0 Å². The first-order chi connectivity index (χ1) is 7.48. The summed E-state index contributed by atoms with van der Waals surface area (Å²) >= 11 is 0. The van der Waals surface area contributed by atoms with Gasteiger partial charge in [-0.2, -0.15) is 0 Å². The Bertz CT molecular complexity index is 316. The normalized spacial score (nSPS) is 13.8. The molecule has 2 nitrogen and oxygen atoms in total. The molecule has 1 aromatic carbocycles. The van der Waals surface area contributed by atoms with Crippen molar-refractivity contribution in [2.45, 2.75) is 51.6 Å². The molecule has 0 saturated heterocycles. The van der Waals surface area contributed by atoms with Crippen LogP contribution in [0.2, 0.25) is 0 Å². The second-order valence-electron chi connectivity index (χ2n) is 5.00. The van der Waals surface area contributed by atoms with Crippen LogP contribution in [0.3, 0.4) is 0 Å². The van der Waals surface area contributed by atoms with Gasteiger partial charge in [-0.1, -0.05) is 45.7 Å². The molecule has 0 aliphatic heterocycles. The number of aliphatic hydroxyl groups excluding tert-OH is 1. The molecule has 1 rings (SSSR count). The lowest BCUT2D eigenvalue weighted by Crippen LogP contribution is -2.33. The van der Waals surface area contributed by atoms with Gasteiger partial charge in [0, 0.05) is 11.1 Å². The average molecular weight is 221 g/mol. The predicted molar refractivity (Wildman–Crippen MR) is 69.4 cm³/mol. The van der Waals surface area contributed by atoms with E-state index in [9.17, 15) is 5.11 Å². The second-order valence-corrected chi connectivity index (χ2v) is 5.00. The van der Waals surface area contributed by atoms with Crippen LogP contribution in [0.1, 0.15) is 45.6 Å². The molecule has 0 bridgehead atoms. The molecule has 1 atom stereocenters. The fourth-order valence-electron chi connectivity index (χ4n) is 1.86. The summed E-state index contributed by atoms with van der Waals surface area (Å²) in [5, 5.41) is 10.2. The number of nitrogen functional groups attached to an aromatic ring is 1. The number of hydrogen-bond acceptors (Lipinski definition) is 2. The van der Waals surface area contributed by atoms with Crippen molar-refractivity contribution in [1.29, 1.82) is 0 Å². The Morgan fingerprint density at radius 1 is 1.25 bits per heavy atom. The second kappa shape index (κ2) is 5.35. The molecule has 0 saturated carbocycles. The summed E-state index contributed by atoms with van der Waals surface area (Å²) in [4.78, 5) is 0. The maximum absolute atomic E-state index is 10.2. The van der Waals surface area contributed by atoms with Crippen molar-refractivity contribution in [2.24, 2.45) is 0 Å². The zero-order chi connectivity index (χ0) is 12.2. The summed E-state index contributed by atoms with van der Waals surface area (Å²) in [6.07, 6.45) is 2.75. The van der Waals surface area contributed by atoms with Crippen LogP contribution in [0.5, 0.6) is 0 Å². The van der Waals surface area contributed by atoms with Crippen LogP contribution in [0.15, 0.2) is 24.3 Å². The van der Waals surface area contributed by atoms with E-state index in [-0.39, 0.29) is 11.5 Å². The maximum atomic E-state index is 10.2. The summed E-state index contributed by atoms with van der Waals surface area (Å²) in [6.45, 7) is 6.31. The first-order valence-electron chi connectivity index (χ1n) is 6.02. The van der Waals surface area contributed by atoms with Crippen LogP contribution < -0.4 is 5.73 Å². The molecule has 0 aliphatic rings. The fourth-order valence-corrected chi connectivity index (χ4v) is 1.86. The van der Waals surface area contributed by atoms with Crippen LogP contribution in [-0.2, 0) is 5.41 Å². The number of benzene rings is 1. The van der Waals surface area contributed by atoms with Gasteiger partial charge >= 0.3 is 0 Å². The van der Waals surface area contributed by atoms with Gasteiger partial charge in [0.1, 0.15) is 0 Å². The summed E-state index contributed by atoms with van der Waals surface area (Å²) in [5.41, 5.74) is 7.37. The minimum atomic E-state index is -0.295. The fraction of sp³-hybridized carbons (Fsp3) is 0.571. The lowest BCUT2D eigenvalue weighted by Gasteiger charge is -2.31. The molecule has 1 aromatic rings. The number of aliphatic hydroxyl groups is 1. The topological polar surface area (TPSA) is 46.2 Å². The van der Waals surface area contributed by atoms with E-state index in [1.54, 1.807) is 0 Å². The van der Waals surface area contributed by atoms with Crippen LogP contribution in [-0.4, -0.2) is 11.2 Å². The summed E-state index contributed by atoms with van der Waals surface area (Å²) in [5.74, 6) is 0. The highest BCUT2D eigenvalue weighted by Crippen LogP contribution is 2.30. The van der Waals surface area contributed by atoms with E-state index < -0.39 is 0 Å². The van der Waals surface area contributed by atoms with Gasteiger partial charge in [-0.05, 0) is 24.1 Å². The Kier molecular flexibility index (Phi) is 4.36. The predicted octanol–water partition coefficient (Wildman–Crippen LogP) is 3.10. The van der Waals surface area contributed by atoms with Crippen LogP contribution in [0.4, 0.5) is 5.69 Å². The zero-order valence-corrected chi connectivity index (χ0v) is 10.5. The van der Waals surface area contributed by atoms with Gasteiger partial charge in [-0.15, -0.1) is 0 Å². The van der Waals surface area contributed by atoms with E-state index in [0.29, 0.717) is 0 Å². The smallest absolute Gasteiger partial charge is 0.0631 e. The molecular formula is C14H23NO. The number of hydrogen-bond donors (Lipinski definition) is 2. The Hall–Kier alpha value is -1.02. The first kappa shape index (κ1) is 13.0.